The molecule has 4 atom stereocenters. The lowest BCUT2D eigenvalue weighted by Gasteiger charge is -2.41. The Bertz CT molecular complexity index is 154. The van der Waals surface area contributed by atoms with E-state index in [9.17, 15) is 0 Å². The predicted molar refractivity (Wildman–Crippen MR) is 54.3 cm³/mol. The number of halogens is 1. The van der Waals surface area contributed by atoms with E-state index in [-0.39, 0.29) is 18.3 Å². The first-order valence-electron chi connectivity index (χ1n) is 4.50. The average Bonchev–Trinajstić information content (AvgIpc) is 2.04. The van der Waals surface area contributed by atoms with Crippen molar-refractivity contribution in [2.75, 3.05) is 20.8 Å². The fraction of sp³-hybridized carbons (Fsp3) is 1.00. The van der Waals surface area contributed by atoms with E-state index in [0.29, 0.717) is 11.4 Å². The van der Waals surface area contributed by atoms with Gasteiger partial charge in [-0.05, 0) is 13.3 Å². The molecule has 4 heteroatoms. The molecule has 0 amide bonds. The summed E-state index contributed by atoms with van der Waals surface area (Å²) in [7, 11) is 3.40. The molecular weight excluding hydrogens is 236 g/mol. The lowest BCUT2D eigenvalue weighted by Crippen LogP contribution is -2.51. The molecule has 1 aliphatic carbocycles. The van der Waals surface area contributed by atoms with Crippen molar-refractivity contribution < 1.29 is 14.2 Å². The van der Waals surface area contributed by atoms with Crippen LogP contribution in [-0.2, 0) is 14.2 Å². The third-order valence-corrected chi connectivity index (χ3v) is 3.16. The van der Waals surface area contributed by atoms with Gasteiger partial charge in [0.2, 0.25) is 0 Å². The first-order chi connectivity index (χ1) is 6.19. The summed E-state index contributed by atoms with van der Waals surface area (Å²) in [6.07, 6.45) is 1.58. The van der Waals surface area contributed by atoms with Crippen molar-refractivity contribution in [3.63, 3.8) is 0 Å². The van der Waals surface area contributed by atoms with Crippen molar-refractivity contribution >= 4 is 15.9 Å². The molecule has 0 heterocycles. The van der Waals surface area contributed by atoms with E-state index in [0.717, 1.165) is 6.42 Å². The van der Waals surface area contributed by atoms with Crippen molar-refractivity contribution in [2.45, 2.75) is 36.5 Å². The van der Waals surface area contributed by atoms with Gasteiger partial charge in [0.1, 0.15) is 0 Å². The summed E-state index contributed by atoms with van der Waals surface area (Å²) in [5, 5.41) is 0. The van der Waals surface area contributed by atoms with Crippen LogP contribution in [-0.4, -0.2) is 44.0 Å². The zero-order valence-corrected chi connectivity index (χ0v) is 9.91. The average molecular weight is 253 g/mol. The second kappa shape index (κ2) is 5.29. The quantitative estimate of drug-likeness (QED) is 0.696. The first kappa shape index (κ1) is 11.4. The molecule has 3 nitrogen and oxygen atoms in total. The van der Waals surface area contributed by atoms with Crippen molar-refractivity contribution in [3.05, 3.63) is 0 Å². The van der Waals surface area contributed by atoms with Gasteiger partial charge >= 0.3 is 0 Å². The van der Waals surface area contributed by atoms with E-state index in [1.54, 1.807) is 14.2 Å². The summed E-state index contributed by atoms with van der Waals surface area (Å²) in [4.78, 5) is 0.442. The van der Waals surface area contributed by atoms with Crippen LogP contribution in [0.4, 0.5) is 0 Å². The second-order valence-electron chi connectivity index (χ2n) is 3.39. The van der Waals surface area contributed by atoms with Gasteiger partial charge in [-0.2, -0.15) is 0 Å². The minimum absolute atomic E-state index is 0.146. The van der Waals surface area contributed by atoms with Crippen LogP contribution >= 0.6 is 15.9 Å². The Morgan fingerprint density at radius 1 is 1.46 bits per heavy atom. The Hall–Kier alpha value is 0.360. The van der Waals surface area contributed by atoms with Gasteiger partial charge in [0.05, 0.1) is 24.9 Å². The summed E-state index contributed by atoms with van der Waals surface area (Å²) in [5.74, 6) is 0. The Morgan fingerprint density at radius 2 is 2.15 bits per heavy atom. The molecule has 0 aromatic carbocycles. The summed E-state index contributed by atoms with van der Waals surface area (Å²) in [5.41, 5.74) is 0. The van der Waals surface area contributed by atoms with Crippen LogP contribution in [0.2, 0.25) is 0 Å². The van der Waals surface area contributed by atoms with Crippen LogP contribution in [0.5, 0.6) is 0 Å². The summed E-state index contributed by atoms with van der Waals surface area (Å²) >= 11 is 3.52. The largest absolute Gasteiger partial charge is 0.382 e. The van der Waals surface area contributed by atoms with Crippen LogP contribution < -0.4 is 0 Å². The number of methoxy groups -OCH3 is 2. The number of alkyl halides is 1. The molecule has 0 bridgehead atoms. The van der Waals surface area contributed by atoms with Gasteiger partial charge in [0.15, 0.2) is 0 Å². The Morgan fingerprint density at radius 3 is 2.62 bits per heavy atom. The predicted octanol–water partition coefficient (Wildman–Crippen LogP) is 1.59. The second-order valence-corrected chi connectivity index (χ2v) is 4.57. The minimum Gasteiger partial charge on any atom is -0.382 e. The van der Waals surface area contributed by atoms with Crippen molar-refractivity contribution in [3.8, 4) is 0 Å². The van der Waals surface area contributed by atoms with E-state index in [1.165, 1.54) is 0 Å². The SMILES string of the molecule is COCC(C)OC1CC(Br)C1OC. The smallest absolute Gasteiger partial charge is 0.0958 e. The van der Waals surface area contributed by atoms with Gasteiger partial charge in [0.25, 0.3) is 0 Å². The van der Waals surface area contributed by atoms with Gasteiger partial charge in [-0.1, -0.05) is 15.9 Å². The molecule has 78 valence electrons. The van der Waals surface area contributed by atoms with E-state index in [2.05, 4.69) is 15.9 Å². The molecule has 0 radical (unpaired) electrons. The summed E-state index contributed by atoms with van der Waals surface area (Å²) < 4.78 is 16.0. The highest BCUT2D eigenvalue weighted by Gasteiger charge is 2.41. The highest BCUT2D eigenvalue weighted by Crippen LogP contribution is 2.33. The van der Waals surface area contributed by atoms with E-state index in [4.69, 9.17) is 14.2 Å². The Labute approximate surface area is 87.9 Å². The summed E-state index contributed by atoms with van der Waals surface area (Å²) in [6, 6.07) is 0. The number of rotatable bonds is 5. The third kappa shape index (κ3) is 2.91. The maximum Gasteiger partial charge on any atom is 0.0958 e. The maximum atomic E-state index is 5.72. The normalized spacial score (nSPS) is 35.5. The number of hydrogen-bond donors (Lipinski definition) is 0. The van der Waals surface area contributed by atoms with Crippen LogP contribution in [0.1, 0.15) is 13.3 Å². The highest BCUT2D eigenvalue weighted by molar-refractivity contribution is 9.09. The molecule has 13 heavy (non-hydrogen) atoms. The third-order valence-electron chi connectivity index (χ3n) is 2.26. The first-order valence-corrected chi connectivity index (χ1v) is 5.41. The fourth-order valence-corrected chi connectivity index (χ4v) is 2.46. The van der Waals surface area contributed by atoms with Crippen LogP contribution in [0.3, 0.4) is 0 Å². The number of ether oxygens (including phenoxy) is 3. The van der Waals surface area contributed by atoms with Crippen LogP contribution in [0.25, 0.3) is 0 Å². The number of hydrogen-bond acceptors (Lipinski definition) is 3. The zero-order valence-electron chi connectivity index (χ0n) is 8.33. The molecule has 1 aliphatic rings. The molecule has 0 saturated heterocycles. The van der Waals surface area contributed by atoms with E-state index in [1.807, 2.05) is 6.92 Å². The molecule has 1 fully saturated rings. The van der Waals surface area contributed by atoms with Crippen LogP contribution in [0, 0.1) is 0 Å². The zero-order chi connectivity index (χ0) is 9.84. The Balaban J connectivity index is 2.22. The fourth-order valence-electron chi connectivity index (χ4n) is 1.53. The van der Waals surface area contributed by atoms with Gasteiger partial charge in [-0.3, -0.25) is 0 Å². The Kier molecular flexibility index (Phi) is 4.66. The van der Waals surface area contributed by atoms with E-state index < -0.39 is 0 Å². The molecule has 1 rings (SSSR count). The molecule has 0 aliphatic heterocycles. The minimum atomic E-state index is 0.146. The molecule has 1 saturated carbocycles. The molecule has 0 aromatic rings. The van der Waals surface area contributed by atoms with Gasteiger partial charge < -0.3 is 14.2 Å². The van der Waals surface area contributed by atoms with E-state index >= 15 is 0 Å². The molecule has 0 N–H and O–H groups in total. The molecule has 0 spiro atoms. The standard InChI is InChI=1S/C9H17BrO3/c1-6(5-11-2)13-8-4-7(10)9(8)12-3/h6-9H,4-5H2,1-3H3. The lowest BCUT2D eigenvalue weighted by atomic mass is 9.91. The van der Waals surface area contributed by atoms with Crippen molar-refractivity contribution in [1.82, 2.24) is 0 Å². The summed E-state index contributed by atoms with van der Waals surface area (Å²) in [6.45, 7) is 2.65. The van der Waals surface area contributed by atoms with Gasteiger partial charge in [0, 0.05) is 19.0 Å². The lowest BCUT2D eigenvalue weighted by molar-refractivity contribution is -0.140. The molecule has 4 unspecified atom stereocenters. The van der Waals surface area contributed by atoms with Gasteiger partial charge in [-0.15, -0.1) is 0 Å². The monoisotopic (exact) mass is 252 g/mol. The topological polar surface area (TPSA) is 27.7 Å². The highest BCUT2D eigenvalue weighted by atomic mass is 79.9. The van der Waals surface area contributed by atoms with Gasteiger partial charge in [-0.25, -0.2) is 0 Å². The van der Waals surface area contributed by atoms with Crippen LogP contribution in [0.15, 0.2) is 0 Å². The maximum absolute atomic E-state index is 5.72. The van der Waals surface area contributed by atoms with Crippen molar-refractivity contribution in [1.29, 1.82) is 0 Å². The molecular formula is C9H17BrO3. The van der Waals surface area contributed by atoms with Crippen molar-refractivity contribution in [2.24, 2.45) is 0 Å². The molecule has 0 aromatic heterocycles.